The van der Waals surface area contributed by atoms with Gasteiger partial charge in [0.2, 0.25) is 0 Å². The van der Waals surface area contributed by atoms with E-state index in [-0.39, 0.29) is 0 Å². The molecule has 0 spiro atoms. The summed E-state index contributed by atoms with van der Waals surface area (Å²) in [5, 5.41) is 7.05. The van der Waals surface area contributed by atoms with Gasteiger partial charge < -0.3 is 5.32 Å². The van der Waals surface area contributed by atoms with Crippen LogP contribution in [0, 0.1) is 6.92 Å². The lowest BCUT2D eigenvalue weighted by Gasteiger charge is -2.04. The van der Waals surface area contributed by atoms with E-state index in [1.54, 1.807) is 30.3 Å². The number of aryl methyl sites for hydroxylation is 1. The molecule has 0 heterocycles. The van der Waals surface area contributed by atoms with Crippen LogP contribution in [-0.4, -0.2) is 18.0 Å². The molecule has 2 aromatic carbocycles. The first-order valence-corrected chi connectivity index (χ1v) is 7.37. The Morgan fingerprint density at radius 3 is 2.39 bits per heavy atom. The van der Waals surface area contributed by atoms with Crippen molar-refractivity contribution >= 4 is 46.9 Å². The van der Waals surface area contributed by atoms with Crippen molar-refractivity contribution in [2.75, 3.05) is 5.32 Å². The average Bonchev–Trinajstić information content (AvgIpc) is 2.51. The zero-order chi connectivity index (χ0) is 16.8. The monoisotopic (exact) mass is 349 g/mol. The van der Waals surface area contributed by atoms with Gasteiger partial charge in [0.1, 0.15) is 0 Å². The first-order valence-electron chi connectivity index (χ1n) is 6.62. The van der Waals surface area contributed by atoms with Crippen molar-refractivity contribution in [1.29, 1.82) is 0 Å². The molecular formula is C16H13Cl2N3O2. The van der Waals surface area contributed by atoms with Crippen LogP contribution in [0.3, 0.4) is 0 Å². The number of rotatable bonds is 3. The highest BCUT2D eigenvalue weighted by Crippen LogP contribution is 2.19. The second-order valence-corrected chi connectivity index (χ2v) is 5.53. The van der Waals surface area contributed by atoms with Gasteiger partial charge >= 0.3 is 11.8 Å². The molecule has 0 saturated carbocycles. The summed E-state index contributed by atoms with van der Waals surface area (Å²) < 4.78 is 0. The fourth-order valence-corrected chi connectivity index (χ4v) is 2.10. The molecule has 2 N–H and O–H groups in total. The summed E-state index contributed by atoms with van der Waals surface area (Å²) in [6.07, 6.45) is 1.33. The third-order valence-electron chi connectivity index (χ3n) is 2.85. The number of anilines is 1. The Bertz CT molecular complexity index is 758. The van der Waals surface area contributed by atoms with Gasteiger partial charge in [0.15, 0.2) is 0 Å². The molecule has 2 aromatic rings. The van der Waals surface area contributed by atoms with Crippen LogP contribution < -0.4 is 10.7 Å². The highest BCUT2D eigenvalue weighted by molar-refractivity contribution is 6.39. The van der Waals surface area contributed by atoms with Crippen molar-refractivity contribution in [2.45, 2.75) is 6.92 Å². The van der Waals surface area contributed by atoms with Crippen LogP contribution in [-0.2, 0) is 9.59 Å². The average molecular weight is 350 g/mol. The zero-order valence-electron chi connectivity index (χ0n) is 12.1. The summed E-state index contributed by atoms with van der Waals surface area (Å²) in [5.74, 6) is -1.69. The minimum Gasteiger partial charge on any atom is -0.318 e. The molecule has 0 atom stereocenters. The van der Waals surface area contributed by atoms with Crippen LogP contribution in [0.4, 0.5) is 5.69 Å². The Morgan fingerprint density at radius 2 is 1.74 bits per heavy atom. The Balaban J connectivity index is 1.92. The van der Waals surface area contributed by atoms with Crippen molar-refractivity contribution in [3.05, 3.63) is 63.6 Å². The quantitative estimate of drug-likeness (QED) is 0.506. The molecule has 7 heteroatoms. The number of carbonyl (C=O) groups is 2. The van der Waals surface area contributed by atoms with E-state index in [1.807, 2.05) is 19.1 Å². The number of hydrogen-bond donors (Lipinski definition) is 2. The van der Waals surface area contributed by atoms with E-state index in [1.165, 1.54) is 6.21 Å². The molecule has 0 unspecified atom stereocenters. The molecule has 0 bridgehead atoms. The molecule has 0 fully saturated rings. The van der Waals surface area contributed by atoms with Crippen LogP contribution in [0.25, 0.3) is 0 Å². The molecule has 23 heavy (non-hydrogen) atoms. The predicted octanol–water partition coefficient (Wildman–Crippen LogP) is 3.39. The smallest absolute Gasteiger partial charge is 0.318 e. The fraction of sp³-hybridized carbons (Fsp3) is 0.0625. The lowest BCUT2D eigenvalue weighted by Crippen LogP contribution is -2.32. The molecule has 0 saturated heterocycles. The lowest BCUT2D eigenvalue weighted by molar-refractivity contribution is -0.136. The van der Waals surface area contributed by atoms with E-state index >= 15 is 0 Å². The molecule has 0 aromatic heterocycles. The highest BCUT2D eigenvalue weighted by atomic mass is 35.5. The number of halogens is 2. The van der Waals surface area contributed by atoms with Gasteiger partial charge in [-0.1, -0.05) is 47.0 Å². The first-order chi connectivity index (χ1) is 11.0. The van der Waals surface area contributed by atoms with E-state index < -0.39 is 11.8 Å². The standard InChI is InChI=1S/C16H13Cl2N3O2/c1-10-2-6-13(7-3-10)20-15(22)16(23)21-19-9-11-4-5-12(17)8-14(11)18/h2-9H,1H3,(H,20,22)(H,21,23)/b19-9+. The van der Waals surface area contributed by atoms with Gasteiger partial charge in [-0.15, -0.1) is 0 Å². The Kier molecular flexibility index (Phi) is 5.73. The molecule has 0 radical (unpaired) electrons. The summed E-state index contributed by atoms with van der Waals surface area (Å²) in [6, 6.07) is 11.9. The van der Waals surface area contributed by atoms with Gasteiger partial charge in [0, 0.05) is 16.3 Å². The van der Waals surface area contributed by atoms with Crippen molar-refractivity contribution in [2.24, 2.45) is 5.10 Å². The van der Waals surface area contributed by atoms with E-state index in [9.17, 15) is 9.59 Å². The van der Waals surface area contributed by atoms with Crippen molar-refractivity contribution in [3.63, 3.8) is 0 Å². The van der Waals surface area contributed by atoms with Crippen molar-refractivity contribution < 1.29 is 9.59 Å². The summed E-state index contributed by atoms with van der Waals surface area (Å²) in [4.78, 5) is 23.4. The first kappa shape index (κ1) is 17.0. The summed E-state index contributed by atoms with van der Waals surface area (Å²) >= 11 is 11.7. The number of carbonyl (C=O) groups excluding carboxylic acids is 2. The van der Waals surface area contributed by atoms with E-state index in [4.69, 9.17) is 23.2 Å². The number of hydrogen-bond acceptors (Lipinski definition) is 3. The van der Waals surface area contributed by atoms with Gasteiger partial charge in [-0.3, -0.25) is 9.59 Å². The lowest BCUT2D eigenvalue weighted by atomic mass is 10.2. The molecule has 0 aliphatic rings. The number of amides is 2. The van der Waals surface area contributed by atoms with Crippen molar-refractivity contribution in [3.8, 4) is 0 Å². The number of nitrogens with zero attached hydrogens (tertiary/aromatic N) is 1. The van der Waals surface area contributed by atoms with Crippen LogP contribution in [0.5, 0.6) is 0 Å². The second-order valence-electron chi connectivity index (χ2n) is 4.69. The molecule has 118 valence electrons. The van der Waals surface area contributed by atoms with Gasteiger partial charge in [-0.2, -0.15) is 5.10 Å². The third-order valence-corrected chi connectivity index (χ3v) is 3.41. The van der Waals surface area contributed by atoms with E-state index in [2.05, 4.69) is 15.8 Å². The van der Waals surface area contributed by atoms with Gasteiger partial charge in [-0.25, -0.2) is 5.43 Å². The van der Waals surface area contributed by atoms with Crippen LogP contribution >= 0.6 is 23.2 Å². The predicted molar refractivity (Wildman–Crippen MR) is 92.0 cm³/mol. The summed E-state index contributed by atoms with van der Waals surface area (Å²) in [7, 11) is 0. The molecule has 0 aliphatic heterocycles. The molecule has 2 rings (SSSR count). The van der Waals surface area contributed by atoms with Gasteiger partial charge in [0.05, 0.1) is 11.2 Å². The summed E-state index contributed by atoms with van der Waals surface area (Å²) in [6.45, 7) is 1.93. The van der Waals surface area contributed by atoms with E-state index in [0.29, 0.717) is 21.3 Å². The Morgan fingerprint density at radius 1 is 1.04 bits per heavy atom. The third kappa shape index (κ3) is 5.09. The van der Waals surface area contributed by atoms with Gasteiger partial charge in [-0.05, 0) is 31.2 Å². The topological polar surface area (TPSA) is 70.6 Å². The van der Waals surface area contributed by atoms with E-state index in [0.717, 1.165) is 5.56 Å². The van der Waals surface area contributed by atoms with Crippen molar-refractivity contribution in [1.82, 2.24) is 5.43 Å². The maximum absolute atomic E-state index is 11.7. The molecule has 2 amide bonds. The second kappa shape index (κ2) is 7.76. The Labute approximate surface area is 143 Å². The Hall–Kier alpha value is -2.37. The van der Waals surface area contributed by atoms with Gasteiger partial charge in [0.25, 0.3) is 0 Å². The van der Waals surface area contributed by atoms with Crippen LogP contribution in [0.1, 0.15) is 11.1 Å². The number of hydrazone groups is 1. The normalized spacial score (nSPS) is 10.6. The maximum atomic E-state index is 11.7. The number of nitrogens with one attached hydrogen (secondary N) is 2. The maximum Gasteiger partial charge on any atom is 0.329 e. The summed E-state index contributed by atoms with van der Waals surface area (Å²) in [5.41, 5.74) is 4.28. The largest absolute Gasteiger partial charge is 0.329 e. The highest BCUT2D eigenvalue weighted by Gasteiger charge is 2.12. The fourth-order valence-electron chi connectivity index (χ4n) is 1.64. The minimum atomic E-state index is -0.882. The molecule has 0 aliphatic carbocycles. The zero-order valence-corrected chi connectivity index (χ0v) is 13.7. The van der Waals surface area contributed by atoms with Crippen LogP contribution in [0.2, 0.25) is 10.0 Å². The van der Waals surface area contributed by atoms with Crippen LogP contribution in [0.15, 0.2) is 47.6 Å². The minimum absolute atomic E-state index is 0.389. The number of benzene rings is 2. The SMILES string of the molecule is Cc1ccc(NC(=O)C(=O)N/N=C/c2ccc(Cl)cc2Cl)cc1. The molecular weight excluding hydrogens is 337 g/mol. The molecule has 5 nitrogen and oxygen atoms in total.